The minimum absolute atomic E-state index is 0.179. The van der Waals surface area contributed by atoms with Gasteiger partial charge in [-0.25, -0.2) is 4.79 Å². The number of alkyl carbamates (subject to hydrolysis) is 1. The summed E-state index contributed by atoms with van der Waals surface area (Å²) in [6.07, 6.45) is 2.89. The van der Waals surface area contributed by atoms with Gasteiger partial charge in [-0.05, 0) is 50.3 Å². The molecule has 26 heavy (non-hydrogen) atoms. The van der Waals surface area contributed by atoms with E-state index in [-0.39, 0.29) is 12.5 Å². The third-order valence-electron chi connectivity index (χ3n) is 4.15. The molecule has 3 rings (SSSR count). The van der Waals surface area contributed by atoms with Gasteiger partial charge in [-0.15, -0.1) is 11.3 Å². The number of anilines is 1. The van der Waals surface area contributed by atoms with Crippen LogP contribution in [0.4, 0.5) is 9.80 Å². The van der Waals surface area contributed by atoms with Gasteiger partial charge in [0.05, 0.1) is 12.2 Å². The van der Waals surface area contributed by atoms with Crippen LogP contribution in [0.15, 0.2) is 30.3 Å². The van der Waals surface area contributed by atoms with Crippen LogP contribution in [0.2, 0.25) is 0 Å². The Kier molecular flexibility index (Phi) is 5.68. The van der Waals surface area contributed by atoms with Crippen LogP contribution in [0.1, 0.15) is 50.9 Å². The first-order chi connectivity index (χ1) is 12.6. The molecular weight excluding hydrogens is 352 g/mol. The molecule has 2 aromatic rings. The van der Waals surface area contributed by atoms with E-state index in [1.807, 2.05) is 6.07 Å². The summed E-state index contributed by atoms with van der Waals surface area (Å²) < 4.78 is 4.79. The van der Waals surface area contributed by atoms with E-state index < -0.39 is 12.0 Å². The van der Waals surface area contributed by atoms with Crippen LogP contribution in [0.3, 0.4) is 0 Å². The lowest BCUT2D eigenvalue weighted by atomic mass is 9.95. The number of amides is 3. The van der Waals surface area contributed by atoms with Crippen molar-refractivity contribution in [2.45, 2.75) is 32.6 Å². The van der Waals surface area contributed by atoms with Gasteiger partial charge >= 0.3 is 6.09 Å². The van der Waals surface area contributed by atoms with E-state index in [1.165, 1.54) is 11.3 Å². The fraction of sp³-hybridized carbons (Fsp3) is 0.316. The maximum atomic E-state index is 12.6. The SMILES string of the molecule is CCOC(=O)NC(=O)c1c(NC(=O)c2ccccc2)sc2c1CCCC2. The highest BCUT2D eigenvalue weighted by molar-refractivity contribution is 7.17. The zero-order chi connectivity index (χ0) is 18.5. The number of ether oxygens (including phenoxy) is 1. The first kappa shape index (κ1) is 18.1. The van der Waals surface area contributed by atoms with Crippen LogP contribution >= 0.6 is 11.3 Å². The second-order valence-corrected chi connectivity index (χ2v) is 7.01. The van der Waals surface area contributed by atoms with Crippen LogP contribution in [0.5, 0.6) is 0 Å². The van der Waals surface area contributed by atoms with E-state index in [2.05, 4.69) is 10.6 Å². The van der Waals surface area contributed by atoms with Crippen molar-refractivity contribution >= 4 is 34.2 Å². The van der Waals surface area contributed by atoms with Gasteiger partial charge in [0.25, 0.3) is 11.8 Å². The summed E-state index contributed by atoms with van der Waals surface area (Å²) in [6, 6.07) is 8.81. The zero-order valence-corrected chi connectivity index (χ0v) is 15.3. The number of rotatable bonds is 4. The molecule has 136 valence electrons. The van der Waals surface area contributed by atoms with Crippen LogP contribution in [-0.2, 0) is 17.6 Å². The number of hydrogen-bond donors (Lipinski definition) is 2. The minimum atomic E-state index is -0.784. The Bertz CT molecular complexity index is 830. The molecule has 0 unspecified atom stereocenters. The number of nitrogens with one attached hydrogen (secondary N) is 2. The summed E-state index contributed by atoms with van der Waals surface area (Å²) >= 11 is 1.41. The first-order valence-corrected chi connectivity index (χ1v) is 9.40. The first-order valence-electron chi connectivity index (χ1n) is 8.59. The van der Waals surface area contributed by atoms with Crippen LogP contribution in [0, 0.1) is 0 Å². The molecule has 0 radical (unpaired) electrons. The average molecular weight is 372 g/mol. The molecule has 0 bridgehead atoms. The van der Waals surface area contributed by atoms with Crippen molar-refractivity contribution in [2.75, 3.05) is 11.9 Å². The molecule has 7 heteroatoms. The van der Waals surface area contributed by atoms with Crippen molar-refractivity contribution in [2.24, 2.45) is 0 Å². The Balaban J connectivity index is 1.89. The Hall–Kier alpha value is -2.67. The molecule has 1 aliphatic rings. The predicted molar refractivity (Wildman–Crippen MR) is 99.8 cm³/mol. The average Bonchev–Trinajstić information content (AvgIpc) is 3.00. The number of carbonyl (C=O) groups excluding carboxylic acids is 3. The standard InChI is InChI=1S/C19H20N2O4S/c1-2-25-19(24)21-17(23)15-13-10-6-7-11-14(13)26-18(15)20-16(22)12-8-4-3-5-9-12/h3-5,8-9H,2,6-7,10-11H2,1H3,(H,20,22)(H,21,23,24). The minimum Gasteiger partial charge on any atom is -0.450 e. The molecule has 0 atom stereocenters. The summed E-state index contributed by atoms with van der Waals surface area (Å²) in [6.45, 7) is 1.85. The molecule has 3 amide bonds. The van der Waals surface area contributed by atoms with Crippen LogP contribution in [0.25, 0.3) is 0 Å². The Morgan fingerprint density at radius 2 is 1.81 bits per heavy atom. The van der Waals surface area contributed by atoms with Crippen molar-refractivity contribution in [1.29, 1.82) is 0 Å². The number of thiophene rings is 1. The number of benzene rings is 1. The molecule has 1 aromatic carbocycles. The predicted octanol–water partition coefficient (Wildman–Crippen LogP) is 3.77. The van der Waals surface area contributed by atoms with Gasteiger partial charge in [0.1, 0.15) is 5.00 Å². The van der Waals surface area contributed by atoms with Crippen molar-refractivity contribution in [3.8, 4) is 0 Å². The highest BCUT2D eigenvalue weighted by Gasteiger charge is 2.27. The Morgan fingerprint density at radius 3 is 2.54 bits per heavy atom. The lowest BCUT2D eigenvalue weighted by Crippen LogP contribution is -2.32. The highest BCUT2D eigenvalue weighted by Crippen LogP contribution is 2.38. The van der Waals surface area contributed by atoms with Crippen molar-refractivity contribution in [3.63, 3.8) is 0 Å². The van der Waals surface area contributed by atoms with Gasteiger partial charge in [-0.3, -0.25) is 14.9 Å². The number of aryl methyl sites for hydroxylation is 1. The largest absolute Gasteiger partial charge is 0.450 e. The number of imide groups is 1. The summed E-state index contributed by atoms with van der Waals surface area (Å²) in [5.74, 6) is -0.819. The smallest absolute Gasteiger partial charge is 0.414 e. The molecule has 0 spiro atoms. The second-order valence-electron chi connectivity index (χ2n) is 5.91. The molecule has 1 aromatic heterocycles. The van der Waals surface area contributed by atoms with Gasteiger partial charge in [-0.2, -0.15) is 0 Å². The van der Waals surface area contributed by atoms with Gasteiger partial charge in [0.2, 0.25) is 0 Å². The van der Waals surface area contributed by atoms with Gasteiger partial charge in [0.15, 0.2) is 0 Å². The molecule has 2 N–H and O–H groups in total. The van der Waals surface area contributed by atoms with E-state index in [0.717, 1.165) is 36.1 Å². The maximum absolute atomic E-state index is 12.6. The summed E-state index contributed by atoms with van der Waals surface area (Å²) in [5, 5.41) is 5.56. The monoisotopic (exact) mass is 372 g/mol. The summed E-state index contributed by atoms with van der Waals surface area (Å²) in [5.41, 5.74) is 1.81. The molecule has 0 aliphatic heterocycles. The third-order valence-corrected chi connectivity index (χ3v) is 5.36. The van der Waals surface area contributed by atoms with E-state index in [4.69, 9.17) is 4.74 Å². The van der Waals surface area contributed by atoms with Crippen molar-refractivity contribution < 1.29 is 19.1 Å². The van der Waals surface area contributed by atoms with Gasteiger partial charge < -0.3 is 10.1 Å². The fourth-order valence-corrected chi connectivity index (χ4v) is 4.26. The van der Waals surface area contributed by atoms with E-state index >= 15 is 0 Å². The molecule has 6 nitrogen and oxygen atoms in total. The summed E-state index contributed by atoms with van der Waals surface area (Å²) in [7, 11) is 0. The fourth-order valence-electron chi connectivity index (χ4n) is 2.98. The maximum Gasteiger partial charge on any atom is 0.414 e. The molecular formula is C19H20N2O4S. The van der Waals surface area contributed by atoms with Crippen molar-refractivity contribution in [3.05, 3.63) is 51.9 Å². The lowest BCUT2D eigenvalue weighted by Gasteiger charge is -2.13. The molecule has 1 aliphatic carbocycles. The Morgan fingerprint density at radius 1 is 1.08 bits per heavy atom. The van der Waals surface area contributed by atoms with E-state index in [0.29, 0.717) is 16.1 Å². The molecule has 0 saturated heterocycles. The number of hydrogen-bond acceptors (Lipinski definition) is 5. The van der Waals surface area contributed by atoms with Crippen LogP contribution < -0.4 is 10.6 Å². The van der Waals surface area contributed by atoms with Crippen LogP contribution in [-0.4, -0.2) is 24.5 Å². The lowest BCUT2D eigenvalue weighted by molar-refractivity contribution is 0.0925. The zero-order valence-electron chi connectivity index (χ0n) is 14.5. The quantitative estimate of drug-likeness (QED) is 0.856. The Labute approximate surface area is 155 Å². The summed E-state index contributed by atoms with van der Waals surface area (Å²) in [4.78, 5) is 37.9. The van der Waals surface area contributed by atoms with E-state index in [9.17, 15) is 14.4 Å². The van der Waals surface area contributed by atoms with Gasteiger partial charge in [0, 0.05) is 10.4 Å². The highest BCUT2D eigenvalue weighted by atomic mass is 32.1. The molecule has 0 saturated carbocycles. The normalized spacial score (nSPS) is 12.8. The number of fused-ring (bicyclic) bond motifs is 1. The van der Waals surface area contributed by atoms with E-state index in [1.54, 1.807) is 31.2 Å². The number of carbonyl (C=O) groups is 3. The topological polar surface area (TPSA) is 84.5 Å². The van der Waals surface area contributed by atoms with Crippen molar-refractivity contribution in [1.82, 2.24) is 5.32 Å². The molecule has 1 heterocycles. The molecule has 0 fully saturated rings. The second kappa shape index (κ2) is 8.14. The third kappa shape index (κ3) is 3.94. The van der Waals surface area contributed by atoms with Gasteiger partial charge in [-0.1, -0.05) is 18.2 Å².